The molecule has 4 heteroatoms. The molecule has 1 rings (SSSR count). The first kappa shape index (κ1) is 12.5. The zero-order valence-electron chi connectivity index (χ0n) is 9.62. The first-order valence-electron chi connectivity index (χ1n) is 5.77. The molecule has 0 heterocycles. The molecule has 88 valence electrons. The van der Waals surface area contributed by atoms with E-state index in [1.54, 1.807) is 0 Å². The second-order valence-corrected chi connectivity index (χ2v) is 4.59. The van der Waals surface area contributed by atoms with Crippen LogP contribution in [-0.2, 0) is 4.79 Å². The second-order valence-electron chi connectivity index (χ2n) is 4.59. The number of hydrogen-bond donors (Lipinski definition) is 3. The maximum Gasteiger partial charge on any atom is 0.234 e. The highest BCUT2D eigenvalue weighted by molar-refractivity contribution is 5.78. The van der Waals surface area contributed by atoms with Gasteiger partial charge in [0.1, 0.15) is 0 Å². The van der Waals surface area contributed by atoms with Crippen molar-refractivity contribution in [3.8, 4) is 0 Å². The van der Waals surface area contributed by atoms with E-state index in [4.69, 9.17) is 5.11 Å². The molecule has 0 aromatic rings. The van der Waals surface area contributed by atoms with Crippen LogP contribution in [0.2, 0.25) is 0 Å². The van der Waals surface area contributed by atoms with Crippen LogP contribution in [0.1, 0.15) is 33.1 Å². The van der Waals surface area contributed by atoms with Crippen molar-refractivity contribution in [1.82, 2.24) is 10.6 Å². The fourth-order valence-electron chi connectivity index (χ4n) is 1.54. The lowest BCUT2D eigenvalue weighted by atomic mass is 10.0. The van der Waals surface area contributed by atoms with Gasteiger partial charge < -0.3 is 15.7 Å². The molecule has 1 atom stereocenters. The lowest BCUT2D eigenvalue weighted by Gasteiger charge is -2.21. The Hall–Kier alpha value is -0.610. The molecule has 1 fully saturated rings. The number of aliphatic hydroxyl groups excluding tert-OH is 1. The first-order valence-corrected chi connectivity index (χ1v) is 5.77. The van der Waals surface area contributed by atoms with Crippen LogP contribution in [0, 0.1) is 5.92 Å². The normalized spacial score (nSPS) is 17.9. The van der Waals surface area contributed by atoms with E-state index in [2.05, 4.69) is 24.5 Å². The number of carbonyl (C=O) groups is 1. The van der Waals surface area contributed by atoms with E-state index < -0.39 is 0 Å². The van der Waals surface area contributed by atoms with Crippen LogP contribution >= 0.6 is 0 Å². The van der Waals surface area contributed by atoms with Gasteiger partial charge >= 0.3 is 0 Å². The van der Waals surface area contributed by atoms with Gasteiger partial charge in [0.25, 0.3) is 0 Å². The quantitative estimate of drug-likeness (QED) is 0.570. The minimum Gasteiger partial charge on any atom is -0.396 e. The smallest absolute Gasteiger partial charge is 0.234 e. The molecule has 1 aliphatic carbocycles. The monoisotopic (exact) mass is 214 g/mol. The van der Waals surface area contributed by atoms with E-state index in [-0.39, 0.29) is 18.6 Å². The van der Waals surface area contributed by atoms with Gasteiger partial charge in [-0.1, -0.05) is 13.8 Å². The van der Waals surface area contributed by atoms with Crippen molar-refractivity contribution in [2.24, 2.45) is 5.92 Å². The van der Waals surface area contributed by atoms with Gasteiger partial charge in [0, 0.05) is 18.7 Å². The predicted octanol–water partition coefficient (Wildman–Crippen LogP) is 0.262. The Bertz CT molecular complexity index is 203. The topological polar surface area (TPSA) is 61.4 Å². The number of amides is 1. The summed E-state index contributed by atoms with van der Waals surface area (Å²) in [6, 6.07) is 0.648. The standard InChI is InChI=1S/C11H22N2O2/c1-8(2)10(5-6-14)12-7-11(15)13-9-3-4-9/h8-10,12,14H,3-7H2,1-2H3,(H,13,15). The highest BCUT2D eigenvalue weighted by Gasteiger charge is 2.23. The van der Waals surface area contributed by atoms with Gasteiger partial charge in [0.15, 0.2) is 0 Å². The van der Waals surface area contributed by atoms with Crippen LogP contribution in [0.5, 0.6) is 0 Å². The van der Waals surface area contributed by atoms with E-state index in [9.17, 15) is 4.79 Å². The molecule has 0 aromatic heterocycles. The average Bonchev–Trinajstić information content (AvgIpc) is 2.95. The van der Waals surface area contributed by atoms with Crippen molar-refractivity contribution in [2.75, 3.05) is 13.2 Å². The molecule has 1 saturated carbocycles. The van der Waals surface area contributed by atoms with Crippen molar-refractivity contribution in [3.63, 3.8) is 0 Å². The molecule has 0 aliphatic heterocycles. The van der Waals surface area contributed by atoms with Gasteiger partial charge in [-0.2, -0.15) is 0 Å². The minimum absolute atomic E-state index is 0.0705. The van der Waals surface area contributed by atoms with Crippen molar-refractivity contribution in [2.45, 2.75) is 45.2 Å². The van der Waals surface area contributed by atoms with Gasteiger partial charge in [-0.15, -0.1) is 0 Å². The highest BCUT2D eigenvalue weighted by Crippen LogP contribution is 2.18. The summed E-state index contributed by atoms with van der Waals surface area (Å²) in [7, 11) is 0. The number of aliphatic hydroxyl groups is 1. The number of carbonyl (C=O) groups excluding carboxylic acids is 1. The van der Waals surface area contributed by atoms with Crippen LogP contribution in [0.4, 0.5) is 0 Å². The Morgan fingerprint density at radius 2 is 2.13 bits per heavy atom. The molecule has 1 aliphatic rings. The summed E-state index contributed by atoms with van der Waals surface area (Å²) in [4.78, 5) is 11.4. The molecular weight excluding hydrogens is 192 g/mol. The highest BCUT2D eigenvalue weighted by atomic mass is 16.3. The fourth-order valence-corrected chi connectivity index (χ4v) is 1.54. The van der Waals surface area contributed by atoms with Crippen LogP contribution in [0.25, 0.3) is 0 Å². The van der Waals surface area contributed by atoms with Gasteiger partial charge in [0.2, 0.25) is 5.91 Å². The van der Waals surface area contributed by atoms with Crippen molar-refractivity contribution in [3.05, 3.63) is 0 Å². The summed E-state index contributed by atoms with van der Waals surface area (Å²) >= 11 is 0. The zero-order chi connectivity index (χ0) is 11.3. The van der Waals surface area contributed by atoms with Gasteiger partial charge in [-0.05, 0) is 25.2 Å². The molecule has 0 saturated heterocycles. The van der Waals surface area contributed by atoms with Crippen molar-refractivity contribution >= 4 is 5.91 Å². The molecule has 1 unspecified atom stereocenters. The van der Waals surface area contributed by atoms with Crippen LogP contribution in [0.3, 0.4) is 0 Å². The lowest BCUT2D eigenvalue weighted by molar-refractivity contribution is -0.120. The third-order valence-corrected chi connectivity index (χ3v) is 2.71. The molecule has 3 N–H and O–H groups in total. The summed E-state index contributed by atoms with van der Waals surface area (Å²) in [5.41, 5.74) is 0. The summed E-state index contributed by atoms with van der Waals surface area (Å²) < 4.78 is 0. The number of hydrogen-bond acceptors (Lipinski definition) is 3. The maximum atomic E-state index is 11.4. The van der Waals surface area contributed by atoms with Crippen LogP contribution in [-0.4, -0.2) is 36.2 Å². The third kappa shape index (κ3) is 5.14. The summed E-state index contributed by atoms with van der Waals surface area (Å²) in [5.74, 6) is 0.506. The average molecular weight is 214 g/mol. The fraction of sp³-hybridized carbons (Fsp3) is 0.909. The third-order valence-electron chi connectivity index (χ3n) is 2.71. The van der Waals surface area contributed by atoms with E-state index in [0.29, 0.717) is 24.9 Å². The Morgan fingerprint density at radius 1 is 1.47 bits per heavy atom. The summed E-state index contributed by atoms with van der Waals surface area (Å²) in [5, 5.41) is 15.0. The SMILES string of the molecule is CC(C)C(CCO)NCC(=O)NC1CC1. The predicted molar refractivity (Wildman–Crippen MR) is 59.5 cm³/mol. The van der Waals surface area contributed by atoms with Crippen molar-refractivity contribution < 1.29 is 9.90 Å². The summed E-state index contributed by atoms with van der Waals surface area (Å²) in [6.45, 7) is 4.71. The number of nitrogens with one attached hydrogen (secondary N) is 2. The molecule has 0 aromatic carbocycles. The molecule has 4 nitrogen and oxygen atoms in total. The Balaban J connectivity index is 2.16. The first-order chi connectivity index (χ1) is 7.13. The Morgan fingerprint density at radius 3 is 2.60 bits per heavy atom. The van der Waals surface area contributed by atoms with Crippen molar-refractivity contribution in [1.29, 1.82) is 0 Å². The summed E-state index contributed by atoms with van der Waals surface area (Å²) in [6.07, 6.45) is 2.94. The van der Waals surface area contributed by atoms with Gasteiger partial charge in [-0.3, -0.25) is 4.79 Å². The van der Waals surface area contributed by atoms with Crippen LogP contribution < -0.4 is 10.6 Å². The zero-order valence-corrected chi connectivity index (χ0v) is 9.62. The molecule has 0 spiro atoms. The maximum absolute atomic E-state index is 11.4. The molecule has 0 bridgehead atoms. The van der Waals surface area contributed by atoms with E-state index in [0.717, 1.165) is 12.8 Å². The largest absolute Gasteiger partial charge is 0.396 e. The molecule has 1 amide bonds. The van der Waals surface area contributed by atoms with E-state index in [1.165, 1.54) is 0 Å². The molecule has 15 heavy (non-hydrogen) atoms. The van der Waals surface area contributed by atoms with Crippen LogP contribution in [0.15, 0.2) is 0 Å². The minimum atomic E-state index is 0.0705. The van der Waals surface area contributed by atoms with Gasteiger partial charge in [0.05, 0.1) is 6.54 Å². The lowest BCUT2D eigenvalue weighted by Crippen LogP contribution is -2.42. The van der Waals surface area contributed by atoms with Gasteiger partial charge in [-0.25, -0.2) is 0 Å². The van der Waals surface area contributed by atoms with E-state index in [1.807, 2.05) is 0 Å². The Labute approximate surface area is 91.4 Å². The molecule has 0 radical (unpaired) electrons. The molecular formula is C11H22N2O2. The second kappa shape index (κ2) is 6.08. The number of rotatable bonds is 7. The Kier molecular flexibility index (Phi) is 5.05. The van der Waals surface area contributed by atoms with E-state index >= 15 is 0 Å².